The van der Waals surface area contributed by atoms with E-state index in [1.54, 1.807) is 0 Å². The number of aliphatic hydroxyl groups is 2. The molecule has 1 aliphatic heterocycles. The van der Waals surface area contributed by atoms with Gasteiger partial charge in [0.2, 0.25) is 0 Å². The average molecular weight is 262 g/mol. The van der Waals surface area contributed by atoms with E-state index in [-0.39, 0.29) is 4.77 Å². The van der Waals surface area contributed by atoms with Gasteiger partial charge < -0.3 is 14.9 Å². The second-order valence-electron chi connectivity index (χ2n) is 3.70. The predicted octanol–water partition coefficient (Wildman–Crippen LogP) is -0.505. The average Bonchev–Trinajstić information content (AvgIpc) is 2.57. The van der Waals surface area contributed by atoms with Gasteiger partial charge in [-0.25, -0.2) is 4.39 Å². The molecule has 0 amide bonds. The third kappa shape index (κ3) is 2.16. The first-order valence-corrected chi connectivity index (χ1v) is 5.35. The highest BCUT2D eigenvalue weighted by Crippen LogP contribution is 2.31. The van der Waals surface area contributed by atoms with Crippen LogP contribution in [-0.2, 0) is 4.74 Å². The second-order valence-corrected chi connectivity index (χ2v) is 4.09. The number of aliphatic hydroxyl groups excluding tert-OH is 2. The standard InChI is InChI=1S/C9H11FN2O4S/c10-6-7(15)4(3-13)16-8(6)12-2-1-5(14)11-9(12)17/h1-2,4,6-8,13,15H,3H2,(H,11,14,17)/t4-,6?,7?,8-/m1/s1. The van der Waals surface area contributed by atoms with Crippen molar-refractivity contribution in [1.29, 1.82) is 0 Å². The molecule has 8 heteroatoms. The summed E-state index contributed by atoms with van der Waals surface area (Å²) in [6.07, 6.45) is -4.00. The molecule has 6 nitrogen and oxygen atoms in total. The number of aromatic nitrogens is 2. The van der Waals surface area contributed by atoms with Gasteiger partial charge in [0, 0.05) is 12.3 Å². The maximum absolute atomic E-state index is 13.7. The van der Waals surface area contributed by atoms with E-state index in [1.807, 2.05) is 0 Å². The molecule has 0 aliphatic carbocycles. The van der Waals surface area contributed by atoms with Gasteiger partial charge in [0.25, 0.3) is 5.56 Å². The van der Waals surface area contributed by atoms with Gasteiger partial charge in [-0.3, -0.25) is 14.3 Å². The van der Waals surface area contributed by atoms with Crippen LogP contribution in [0.5, 0.6) is 0 Å². The number of nitrogens with one attached hydrogen (secondary N) is 1. The van der Waals surface area contributed by atoms with Crippen LogP contribution < -0.4 is 5.56 Å². The van der Waals surface area contributed by atoms with Crippen molar-refractivity contribution >= 4 is 12.2 Å². The first-order chi connectivity index (χ1) is 8.04. The summed E-state index contributed by atoms with van der Waals surface area (Å²) < 4.78 is 20.1. The van der Waals surface area contributed by atoms with Crippen molar-refractivity contribution < 1.29 is 19.3 Å². The summed E-state index contributed by atoms with van der Waals surface area (Å²) in [5.41, 5.74) is -0.404. The minimum Gasteiger partial charge on any atom is -0.394 e. The number of aromatic amines is 1. The second kappa shape index (κ2) is 4.65. The van der Waals surface area contributed by atoms with E-state index in [2.05, 4.69) is 4.98 Å². The van der Waals surface area contributed by atoms with E-state index in [0.717, 1.165) is 0 Å². The molecule has 0 bridgehead atoms. The van der Waals surface area contributed by atoms with Crippen LogP contribution in [0.2, 0.25) is 0 Å². The molecule has 2 unspecified atom stereocenters. The minimum atomic E-state index is -1.72. The molecule has 4 atom stereocenters. The number of alkyl halides is 1. The Morgan fingerprint density at radius 1 is 1.65 bits per heavy atom. The molecule has 0 saturated carbocycles. The van der Waals surface area contributed by atoms with E-state index < -0.39 is 36.8 Å². The summed E-state index contributed by atoms with van der Waals surface area (Å²) >= 11 is 4.86. The number of halogens is 1. The van der Waals surface area contributed by atoms with Crippen molar-refractivity contribution in [2.45, 2.75) is 24.6 Å². The molecule has 17 heavy (non-hydrogen) atoms. The Morgan fingerprint density at radius 2 is 2.35 bits per heavy atom. The summed E-state index contributed by atoms with van der Waals surface area (Å²) in [7, 11) is 0. The van der Waals surface area contributed by atoms with Gasteiger partial charge in [-0.05, 0) is 12.2 Å². The van der Waals surface area contributed by atoms with Gasteiger partial charge in [-0.15, -0.1) is 0 Å². The highest BCUT2D eigenvalue weighted by Gasteiger charge is 2.44. The lowest BCUT2D eigenvalue weighted by molar-refractivity contribution is -0.0484. The molecule has 2 rings (SSSR count). The van der Waals surface area contributed by atoms with Crippen molar-refractivity contribution in [2.75, 3.05) is 6.61 Å². The Morgan fingerprint density at radius 3 is 2.88 bits per heavy atom. The summed E-state index contributed by atoms with van der Waals surface area (Å²) in [6, 6.07) is 1.17. The van der Waals surface area contributed by atoms with Gasteiger partial charge in [0.1, 0.15) is 12.2 Å². The lowest BCUT2D eigenvalue weighted by Crippen LogP contribution is -2.30. The number of hydrogen-bond donors (Lipinski definition) is 3. The normalized spacial score (nSPS) is 32.9. The van der Waals surface area contributed by atoms with Crippen LogP contribution in [-0.4, -0.2) is 44.8 Å². The largest absolute Gasteiger partial charge is 0.394 e. The Kier molecular flexibility index (Phi) is 3.38. The quantitative estimate of drug-likeness (QED) is 0.625. The number of H-pyrrole nitrogens is 1. The maximum Gasteiger partial charge on any atom is 0.251 e. The van der Waals surface area contributed by atoms with E-state index in [1.165, 1.54) is 16.8 Å². The van der Waals surface area contributed by atoms with Crippen LogP contribution >= 0.6 is 12.2 Å². The van der Waals surface area contributed by atoms with Crippen molar-refractivity contribution in [1.82, 2.24) is 9.55 Å². The molecule has 1 saturated heterocycles. The van der Waals surface area contributed by atoms with Crippen molar-refractivity contribution in [3.05, 3.63) is 27.4 Å². The Labute approximate surface area is 100 Å². The molecule has 2 heterocycles. The van der Waals surface area contributed by atoms with Crippen LogP contribution in [0.4, 0.5) is 4.39 Å². The third-order valence-corrected chi connectivity index (χ3v) is 2.91. The van der Waals surface area contributed by atoms with Crippen LogP contribution in [0, 0.1) is 4.77 Å². The van der Waals surface area contributed by atoms with E-state index >= 15 is 0 Å². The minimum absolute atomic E-state index is 0.00376. The molecule has 1 aromatic rings. The van der Waals surface area contributed by atoms with Crippen LogP contribution in [0.15, 0.2) is 17.1 Å². The third-order valence-electron chi connectivity index (χ3n) is 2.60. The molecule has 0 aromatic carbocycles. The van der Waals surface area contributed by atoms with E-state index in [0.29, 0.717) is 0 Å². The first-order valence-electron chi connectivity index (χ1n) is 4.94. The number of ether oxygens (including phenoxy) is 1. The number of nitrogens with zero attached hydrogens (tertiary/aromatic N) is 1. The predicted molar refractivity (Wildman–Crippen MR) is 57.8 cm³/mol. The molecule has 1 aromatic heterocycles. The van der Waals surface area contributed by atoms with Crippen LogP contribution in [0.25, 0.3) is 0 Å². The smallest absolute Gasteiger partial charge is 0.251 e. The lowest BCUT2D eigenvalue weighted by atomic mass is 10.1. The van der Waals surface area contributed by atoms with Crippen LogP contribution in [0.3, 0.4) is 0 Å². The van der Waals surface area contributed by atoms with Gasteiger partial charge in [-0.2, -0.15) is 0 Å². The number of rotatable bonds is 2. The van der Waals surface area contributed by atoms with Crippen molar-refractivity contribution in [3.8, 4) is 0 Å². The van der Waals surface area contributed by atoms with Gasteiger partial charge in [0.05, 0.1) is 6.61 Å². The summed E-state index contributed by atoms with van der Waals surface area (Å²) in [4.78, 5) is 13.3. The summed E-state index contributed by atoms with van der Waals surface area (Å²) in [5, 5.41) is 18.3. The Bertz CT molecular complexity index is 516. The number of hydrogen-bond acceptors (Lipinski definition) is 5. The summed E-state index contributed by atoms with van der Waals surface area (Å²) in [5.74, 6) is 0. The van der Waals surface area contributed by atoms with Gasteiger partial charge >= 0.3 is 0 Å². The monoisotopic (exact) mass is 262 g/mol. The van der Waals surface area contributed by atoms with Crippen molar-refractivity contribution in [2.24, 2.45) is 0 Å². The van der Waals surface area contributed by atoms with E-state index in [4.69, 9.17) is 22.1 Å². The van der Waals surface area contributed by atoms with Gasteiger partial charge in [-0.1, -0.05) is 0 Å². The van der Waals surface area contributed by atoms with E-state index in [9.17, 15) is 14.3 Å². The molecular formula is C9H11FN2O4S. The zero-order valence-corrected chi connectivity index (χ0v) is 9.43. The SMILES string of the molecule is O=c1ccn([C@@H]2O[C@H](CO)C(O)C2F)c(=S)[nH]1. The lowest BCUT2D eigenvalue weighted by Gasteiger charge is -2.16. The highest BCUT2D eigenvalue weighted by molar-refractivity contribution is 7.71. The first kappa shape index (κ1) is 12.4. The summed E-state index contributed by atoms with van der Waals surface area (Å²) in [6.45, 7) is -0.491. The fourth-order valence-electron chi connectivity index (χ4n) is 1.71. The Hall–Kier alpha value is -1.09. The molecular weight excluding hydrogens is 251 g/mol. The fourth-order valence-corrected chi connectivity index (χ4v) is 1.97. The maximum atomic E-state index is 13.7. The molecule has 0 spiro atoms. The highest BCUT2D eigenvalue weighted by atomic mass is 32.1. The molecule has 0 radical (unpaired) electrons. The van der Waals surface area contributed by atoms with Gasteiger partial charge in [0.15, 0.2) is 17.2 Å². The van der Waals surface area contributed by atoms with Crippen LogP contribution in [0.1, 0.15) is 6.23 Å². The Balaban J connectivity index is 2.35. The molecule has 94 valence electrons. The van der Waals surface area contributed by atoms with Crippen molar-refractivity contribution in [3.63, 3.8) is 0 Å². The zero-order valence-electron chi connectivity index (χ0n) is 8.62. The zero-order chi connectivity index (χ0) is 12.6. The topological polar surface area (TPSA) is 87.5 Å². The molecule has 1 fully saturated rings. The molecule has 1 aliphatic rings. The fraction of sp³-hybridized carbons (Fsp3) is 0.556. The molecule has 3 N–H and O–H groups in total.